The van der Waals surface area contributed by atoms with Crippen LogP contribution in [0.25, 0.3) is 0 Å². The summed E-state index contributed by atoms with van der Waals surface area (Å²) in [7, 11) is 0. The van der Waals surface area contributed by atoms with Crippen molar-refractivity contribution >= 4 is 23.8 Å². The fourth-order valence-corrected chi connectivity index (χ4v) is 3.82. The highest BCUT2D eigenvalue weighted by Crippen LogP contribution is 2.26. The van der Waals surface area contributed by atoms with E-state index in [9.17, 15) is 19.2 Å². The smallest absolute Gasteiger partial charge is 0.409 e. The molecule has 0 saturated carbocycles. The molecule has 0 unspecified atom stereocenters. The van der Waals surface area contributed by atoms with Crippen LogP contribution in [0, 0.1) is 0 Å². The first kappa shape index (κ1) is 20.6. The van der Waals surface area contributed by atoms with E-state index in [4.69, 9.17) is 4.74 Å². The van der Waals surface area contributed by atoms with Gasteiger partial charge in [-0.2, -0.15) is 0 Å². The van der Waals surface area contributed by atoms with Gasteiger partial charge in [0.1, 0.15) is 0 Å². The number of carbonyl (C=O) groups is 4. The number of piperazine rings is 1. The highest BCUT2D eigenvalue weighted by molar-refractivity contribution is 6.22. The van der Waals surface area contributed by atoms with Crippen molar-refractivity contribution in [3.8, 4) is 0 Å². The second-order valence-electron chi connectivity index (χ2n) is 7.42. The van der Waals surface area contributed by atoms with E-state index in [1.165, 1.54) is 11.0 Å². The van der Waals surface area contributed by atoms with Crippen LogP contribution >= 0.6 is 0 Å². The Morgan fingerprint density at radius 1 is 0.871 bits per heavy atom. The molecule has 4 rings (SSSR count). The summed E-state index contributed by atoms with van der Waals surface area (Å²) in [6.07, 6.45) is -0.380. The minimum absolute atomic E-state index is 0.187. The summed E-state index contributed by atoms with van der Waals surface area (Å²) in [4.78, 5) is 54.8. The van der Waals surface area contributed by atoms with Gasteiger partial charge in [-0.05, 0) is 30.7 Å². The lowest BCUT2D eigenvalue weighted by Gasteiger charge is -2.34. The normalized spacial score (nSPS) is 15.8. The van der Waals surface area contributed by atoms with Gasteiger partial charge >= 0.3 is 6.09 Å². The van der Waals surface area contributed by atoms with Crippen molar-refractivity contribution in [1.82, 2.24) is 14.7 Å². The highest BCUT2D eigenvalue weighted by atomic mass is 16.6. The third-order valence-electron chi connectivity index (χ3n) is 5.49. The molecule has 2 aromatic rings. The van der Waals surface area contributed by atoms with Gasteiger partial charge in [0.05, 0.1) is 24.3 Å². The summed E-state index contributed by atoms with van der Waals surface area (Å²) in [5, 5.41) is 0. The number of hydrogen-bond acceptors (Lipinski definition) is 5. The molecular formula is C23H23N3O5. The van der Waals surface area contributed by atoms with Gasteiger partial charge in [-0.3, -0.25) is 19.3 Å². The molecule has 0 aromatic heterocycles. The number of imide groups is 1. The number of ether oxygens (including phenoxy) is 1. The molecule has 4 amide bonds. The molecule has 0 atom stereocenters. The molecule has 160 valence electrons. The Kier molecular flexibility index (Phi) is 5.70. The molecule has 31 heavy (non-hydrogen) atoms. The van der Waals surface area contributed by atoms with Crippen LogP contribution in [0.4, 0.5) is 4.79 Å². The maximum absolute atomic E-state index is 12.9. The molecule has 2 aromatic carbocycles. The van der Waals surface area contributed by atoms with Crippen LogP contribution < -0.4 is 0 Å². The van der Waals surface area contributed by atoms with Gasteiger partial charge in [-0.25, -0.2) is 4.79 Å². The summed E-state index contributed by atoms with van der Waals surface area (Å²) < 4.78 is 5.00. The Bertz CT molecular complexity index is 1030. The Morgan fingerprint density at radius 2 is 1.52 bits per heavy atom. The fraction of sp³-hybridized carbons (Fsp3) is 0.304. The van der Waals surface area contributed by atoms with Crippen molar-refractivity contribution in [3.63, 3.8) is 0 Å². The van der Waals surface area contributed by atoms with E-state index >= 15 is 0 Å². The van der Waals surface area contributed by atoms with E-state index in [-0.39, 0.29) is 30.0 Å². The molecule has 2 aliphatic heterocycles. The number of nitrogens with zero attached hydrogens (tertiary/aromatic N) is 3. The largest absolute Gasteiger partial charge is 0.450 e. The van der Waals surface area contributed by atoms with E-state index in [0.29, 0.717) is 43.9 Å². The van der Waals surface area contributed by atoms with Crippen LogP contribution in [0.5, 0.6) is 0 Å². The van der Waals surface area contributed by atoms with Crippen molar-refractivity contribution in [2.24, 2.45) is 0 Å². The molecule has 0 radical (unpaired) electrons. The van der Waals surface area contributed by atoms with Crippen molar-refractivity contribution in [1.29, 1.82) is 0 Å². The van der Waals surface area contributed by atoms with Gasteiger partial charge in [-0.15, -0.1) is 0 Å². The Hall–Kier alpha value is -3.68. The van der Waals surface area contributed by atoms with E-state index in [0.717, 1.165) is 5.56 Å². The second-order valence-corrected chi connectivity index (χ2v) is 7.42. The van der Waals surface area contributed by atoms with Gasteiger partial charge in [-0.1, -0.05) is 30.3 Å². The molecule has 0 spiro atoms. The quantitative estimate of drug-likeness (QED) is 0.708. The number of amides is 4. The monoisotopic (exact) mass is 421 g/mol. The summed E-state index contributed by atoms with van der Waals surface area (Å²) in [5.41, 5.74) is 1.76. The Balaban J connectivity index is 1.46. The van der Waals surface area contributed by atoms with Crippen LogP contribution in [0.3, 0.4) is 0 Å². The predicted molar refractivity (Wildman–Crippen MR) is 112 cm³/mol. The Labute approximate surface area is 180 Å². The SMILES string of the molecule is CCOC(=O)N1CCN(C(=O)c2ccc3c(c2)C(=O)N(Cc2ccccc2)C3=O)CC1. The van der Waals surface area contributed by atoms with E-state index in [1.54, 1.807) is 28.9 Å². The van der Waals surface area contributed by atoms with Crippen molar-refractivity contribution < 1.29 is 23.9 Å². The lowest BCUT2D eigenvalue weighted by Crippen LogP contribution is -2.50. The molecule has 0 N–H and O–H groups in total. The molecule has 0 aliphatic carbocycles. The van der Waals surface area contributed by atoms with Crippen molar-refractivity contribution in [3.05, 3.63) is 70.8 Å². The number of fused-ring (bicyclic) bond motifs is 1. The van der Waals surface area contributed by atoms with Crippen LogP contribution in [-0.2, 0) is 11.3 Å². The zero-order valence-electron chi connectivity index (χ0n) is 17.2. The first-order valence-electron chi connectivity index (χ1n) is 10.2. The summed E-state index contributed by atoms with van der Waals surface area (Å²) in [6.45, 7) is 3.77. The molecule has 2 heterocycles. The number of rotatable bonds is 4. The van der Waals surface area contributed by atoms with E-state index in [2.05, 4.69) is 0 Å². The molecule has 8 heteroatoms. The van der Waals surface area contributed by atoms with E-state index < -0.39 is 5.91 Å². The summed E-state index contributed by atoms with van der Waals surface area (Å²) in [6, 6.07) is 13.9. The highest BCUT2D eigenvalue weighted by Gasteiger charge is 2.36. The van der Waals surface area contributed by atoms with Gasteiger partial charge in [0.2, 0.25) is 0 Å². The number of carbonyl (C=O) groups excluding carboxylic acids is 4. The molecule has 0 bridgehead atoms. The minimum Gasteiger partial charge on any atom is -0.450 e. The Morgan fingerprint density at radius 3 is 2.19 bits per heavy atom. The maximum atomic E-state index is 12.9. The van der Waals surface area contributed by atoms with Crippen LogP contribution in [0.2, 0.25) is 0 Å². The third kappa shape index (κ3) is 4.01. The first-order chi connectivity index (χ1) is 15.0. The molecular weight excluding hydrogens is 398 g/mol. The van der Waals surface area contributed by atoms with Crippen molar-refractivity contribution in [2.75, 3.05) is 32.8 Å². The topological polar surface area (TPSA) is 87.2 Å². The lowest BCUT2D eigenvalue weighted by atomic mass is 10.0. The summed E-state index contributed by atoms with van der Waals surface area (Å²) in [5.74, 6) is -0.982. The fourth-order valence-electron chi connectivity index (χ4n) is 3.82. The van der Waals surface area contributed by atoms with Gasteiger partial charge in [0, 0.05) is 31.7 Å². The first-order valence-corrected chi connectivity index (χ1v) is 10.2. The van der Waals surface area contributed by atoms with Crippen molar-refractivity contribution in [2.45, 2.75) is 13.5 Å². The second kappa shape index (κ2) is 8.59. The average molecular weight is 421 g/mol. The summed E-state index contributed by atoms with van der Waals surface area (Å²) >= 11 is 0. The van der Waals surface area contributed by atoms with Crippen LogP contribution in [0.15, 0.2) is 48.5 Å². The molecule has 1 saturated heterocycles. The molecule has 1 fully saturated rings. The maximum Gasteiger partial charge on any atom is 0.409 e. The lowest BCUT2D eigenvalue weighted by molar-refractivity contribution is 0.0570. The zero-order valence-corrected chi connectivity index (χ0v) is 17.2. The average Bonchev–Trinajstić information content (AvgIpc) is 3.04. The molecule has 8 nitrogen and oxygen atoms in total. The van der Waals surface area contributed by atoms with Crippen LogP contribution in [0.1, 0.15) is 43.6 Å². The van der Waals surface area contributed by atoms with Gasteiger partial charge < -0.3 is 14.5 Å². The van der Waals surface area contributed by atoms with E-state index in [1.807, 2.05) is 30.3 Å². The predicted octanol–water partition coefficient (Wildman–Crippen LogP) is 2.40. The zero-order chi connectivity index (χ0) is 22.0. The number of hydrogen-bond donors (Lipinski definition) is 0. The van der Waals surface area contributed by atoms with Gasteiger partial charge in [0.25, 0.3) is 17.7 Å². The van der Waals surface area contributed by atoms with Gasteiger partial charge in [0.15, 0.2) is 0 Å². The van der Waals surface area contributed by atoms with Crippen LogP contribution in [-0.4, -0.2) is 71.3 Å². The number of benzene rings is 2. The standard InChI is InChI=1S/C23H23N3O5/c1-2-31-23(30)25-12-10-24(11-13-25)20(27)17-8-9-18-19(14-17)22(29)26(21(18)28)15-16-6-4-3-5-7-16/h3-9,14H,2,10-13,15H2,1H3. The third-order valence-corrected chi connectivity index (χ3v) is 5.49. The molecule has 2 aliphatic rings. The minimum atomic E-state index is -0.398.